The summed E-state index contributed by atoms with van der Waals surface area (Å²) in [5.41, 5.74) is 6.02. The zero-order chi connectivity index (χ0) is 21.5. The third-order valence-electron chi connectivity index (χ3n) is 5.36. The van der Waals surface area contributed by atoms with Gasteiger partial charge < -0.3 is 25.0 Å². The number of nitrogens with one attached hydrogen (secondary N) is 2. The Kier molecular flexibility index (Phi) is 9.90. The molecule has 1 fully saturated rings. The van der Waals surface area contributed by atoms with E-state index in [-0.39, 0.29) is 30.1 Å². The maximum atomic E-state index is 6.20. The van der Waals surface area contributed by atoms with Crippen LogP contribution >= 0.6 is 24.0 Å². The van der Waals surface area contributed by atoms with Gasteiger partial charge in [0.15, 0.2) is 5.96 Å². The topological polar surface area (TPSA) is 58.1 Å². The first-order chi connectivity index (χ1) is 14.5. The number of rotatable bonds is 7. The van der Waals surface area contributed by atoms with Crippen LogP contribution in [-0.4, -0.2) is 46.4 Å². The average molecular weight is 538 g/mol. The molecular weight excluding hydrogens is 503 g/mol. The van der Waals surface area contributed by atoms with Gasteiger partial charge in [0.2, 0.25) is 0 Å². The summed E-state index contributed by atoms with van der Waals surface area (Å²) >= 11 is 0. The molecule has 170 valence electrons. The van der Waals surface area contributed by atoms with Crippen LogP contribution < -0.4 is 20.3 Å². The van der Waals surface area contributed by atoms with Crippen LogP contribution in [0.5, 0.6) is 5.75 Å². The van der Waals surface area contributed by atoms with Gasteiger partial charge in [-0.1, -0.05) is 18.2 Å². The normalized spacial score (nSPS) is 15.9. The van der Waals surface area contributed by atoms with Crippen molar-refractivity contribution >= 4 is 35.6 Å². The number of ether oxygens (including phenoxy) is 2. The molecule has 7 heteroatoms. The smallest absolute Gasteiger partial charge is 0.191 e. The lowest BCUT2D eigenvalue weighted by Crippen LogP contribution is -2.36. The highest BCUT2D eigenvalue weighted by atomic mass is 127. The van der Waals surface area contributed by atoms with Crippen LogP contribution in [0.25, 0.3) is 0 Å². The summed E-state index contributed by atoms with van der Waals surface area (Å²) in [5, 5.41) is 6.82. The summed E-state index contributed by atoms with van der Waals surface area (Å²) in [6.45, 7) is 7.02. The van der Waals surface area contributed by atoms with Gasteiger partial charge in [0.25, 0.3) is 0 Å². The lowest BCUT2D eigenvalue weighted by Gasteiger charge is -2.19. The lowest BCUT2D eigenvalue weighted by atomic mass is 10.1. The number of halogens is 1. The highest BCUT2D eigenvalue weighted by Gasteiger charge is 2.18. The molecule has 1 atom stereocenters. The predicted octanol–water partition coefficient (Wildman–Crippen LogP) is 4.02. The predicted molar refractivity (Wildman–Crippen MR) is 139 cm³/mol. The molecule has 0 aliphatic carbocycles. The highest BCUT2D eigenvalue weighted by molar-refractivity contribution is 14.0. The van der Waals surface area contributed by atoms with Crippen molar-refractivity contribution in [3.8, 4) is 5.75 Å². The van der Waals surface area contributed by atoms with Crippen LogP contribution in [0.2, 0.25) is 0 Å². The zero-order valence-electron chi connectivity index (χ0n) is 19.2. The molecule has 0 amide bonds. The van der Waals surface area contributed by atoms with E-state index in [1.54, 1.807) is 7.05 Å². The van der Waals surface area contributed by atoms with Crippen LogP contribution in [0.3, 0.4) is 0 Å². The average Bonchev–Trinajstić information content (AvgIpc) is 3.23. The summed E-state index contributed by atoms with van der Waals surface area (Å²) in [4.78, 5) is 6.48. The van der Waals surface area contributed by atoms with E-state index in [9.17, 15) is 0 Å². The standard InChI is InChI=1S/C24H34N4O2.HI/c1-17-6-7-20(23(12-17)30-22-10-11-29-16-22)15-27-24(25-3)26-14-19-8-9-21(28(4)5)13-18(19)2;/h6-9,12-13,22H,10-11,14-16H2,1-5H3,(H2,25,26,27);1H. The van der Waals surface area contributed by atoms with Gasteiger partial charge in [-0.15, -0.1) is 24.0 Å². The highest BCUT2D eigenvalue weighted by Crippen LogP contribution is 2.24. The van der Waals surface area contributed by atoms with E-state index < -0.39 is 0 Å². The fourth-order valence-corrected chi connectivity index (χ4v) is 3.44. The van der Waals surface area contributed by atoms with Crippen LogP contribution in [-0.2, 0) is 17.8 Å². The Morgan fingerprint density at radius 1 is 1.10 bits per heavy atom. The van der Waals surface area contributed by atoms with Gasteiger partial charge in [0.1, 0.15) is 11.9 Å². The Morgan fingerprint density at radius 2 is 1.81 bits per heavy atom. The van der Waals surface area contributed by atoms with E-state index in [4.69, 9.17) is 9.47 Å². The molecule has 0 saturated carbocycles. The molecule has 0 bridgehead atoms. The van der Waals surface area contributed by atoms with Crippen LogP contribution in [0.15, 0.2) is 41.4 Å². The first-order valence-electron chi connectivity index (χ1n) is 10.5. The van der Waals surface area contributed by atoms with Crippen molar-refractivity contribution in [3.05, 3.63) is 58.7 Å². The Morgan fingerprint density at radius 3 is 2.42 bits per heavy atom. The monoisotopic (exact) mass is 538 g/mol. The number of aliphatic imine (C=N–C) groups is 1. The van der Waals surface area contributed by atoms with Gasteiger partial charge in [-0.2, -0.15) is 0 Å². The molecule has 1 unspecified atom stereocenters. The zero-order valence-corrected chi connectivity index (χ0v) is 21.5. The number of hydrogen-bond acceptors (Lipinski definition) is 4. The number of hydrogen-bond donors (Lipinski definition) is 2. The Bertz CT molecular complexity index is 880. The maximum Gasteiger partial charge on any atom is 0.191 e. The van der Waals surface area contributed by atoms with Crippen molar-refractivity contribution in [3.63, 3.8) is 0 Å². The molecule has 0 spiro atoms. The molecule has 1 aliphatic heterocycles. The molecule has 1 aliphatic rings. The van der Waals surface area contributed by atoms with E-state index >= 15 is 0 Å². The fraction of sp³-hybridized carbons (Fsp3) is 0.458. The summed E-state index contributed by atoms with van der Waals surface area (Å²) < 4.78 is 11.6. The molecular formula is C24H35IN4O2. The first-order valence-corrected chi connectivity index (χ1v) is 10.5. The van der Waals surface area contributed by atoms with E-state index in [0.717, 1.165) is 36.8 Å². The van der Waals surface area contributed by atoms with Crippen LogP contribution in [0.4, 0.5) is 5.69 Å². The first kappa shape index (κ1) is 25.3. The molecule has 0 radical (unpaired) electrons. The molecule has 31 heavy (non-hydrogen) atoms. The van der Waals surface area contributed by atoms with Gasteiger partial charge in [-0.05, 0) is 48.7 Å². The van der Waals surface area contributed by atoms with Gasteiger partial charge >= 0.3 is 0 Å². The molecule has 2 aromatic carbocycles. The van der Waals surface area contributed by atoms with Gasteiger partial charge in [0, 0.05) is 51.9 Å². The minimum Gasteiger partial charge on any atom is -0.488 e. The third kappa shape index (κ3) is 7.28. The summed E-state index contributed by atoms with van der Waals surface area (Å²) in [6, 6.07) is 12.8. The van der Waals surface area contributed by atoms with Gasteiger partial charge in [-0.25, -0.2) is 0 Å². The SMILES string of the molecule is CN=C(NCc1ccc(N(C)C)cc1C)NCc1ccc(C)cc1OC1CCOC1.I. The second-order valence-corrected chi connectivity index (χ2v) is 8.00. The summed E-state index contributed by atoms with van der Waals surface area (Å²) in [5.74, 6) is 1.69. The van der Waals surface area contributed by atoms with Crippen molar-refractivity contribution in [1.29, 1.82) is 0 Å². The van der Waals surface area contributed by atoms with Crippen molar-refractivity contribution in [1.82, 2.24) is 10.6 Å². The Labute approximate surface area is 203 Å². The van der Waals surface area contributed by atoms with E-state index in [2.05, 4.69) is 84.9 Å². The number of anilines is 1. The number of aryl methyl sites for hydroxylation is 2. The number of nitrogens with zero attached hydrogens (tertiary/aromatic N) is 2. The molecule has 0 aromatic heterocycles. The maximum absolute atomic E-state index is 6.20. The number of guanidine groups is 1. The fourth-order valence-electron chi connectivity index (χ4n) is 3.44. The molecule has 1 heterocycles. The summed E-state index contributed by atoms with van der Waals surface area (Å²) in [7, 11) is 5.91. The quantitative estimate of drug-likeness (QED) is 0.317. The molecule has 2 N–H and O–H groups in total. The van der Waals surface area contributed by atoms with E-state index in [1.165, 1.54) is 22.4 Å². The minimum absolute atomic E-state index is 0. The van der Waals surface area contributed by atoms with Crippen LogP contribution in [0, 0.1) is 13.8 Å². The second-order valence-electron chi connectivity index (χ2n) is 8.00. The Balaban J connectivity index is 0.00000341. The van der Waals surface area contributed by atoms with E-state index in [1.807, 2.05) is 0 Å². The van der Waals surface area contributed by atoms with Gasteiger partial charge in [-0.3, -0.25) is 4.99 Å². The van der Waals surface area contributed by atoms with Crippen LogP contribution in [0.1, 0.15) is 28.7 Å². The molecule has 2 aromatic rings. The van der Waals surface area contributed by atoms with Gasteiger partial charge in [0.05, 0.1) is 13.2 Å². The Hall–Kier alpha value is -2.00. The minimum atomic E-state index is 0. The van der Waals surface area contributed by atoms with Crippen molar-refractivity contribution < 1.29 is 9.47 Å². The molecule has 1 saturated heterocycles. The molecule has 6 nitrogen and oxygen atoms in total. The van der Waals surface area contributed by atoms with Crippen molar-refractivity contribution in [2.45, 2.75) is 39.5 Å². The summed E-state index contributed by atoms with van der Waals surface area (Å²) in [6.07, 6.45) is 1.08. The largest absolute Gasteiger partial charge is 0.488 e. The van der Waals surface area contributed by atoms with Crippen molar-refractivity contribution in [2.75, 3.05) is 39.3 Å². The number of benzene rings is 2. The molecule has 3 rings (SSSR count). The third-order valence-corrected chi connectivity index (χ3v) is 5.36. The second kappa shape index (κ2) is 12.1. The van der Waals surface area contributed by atoms with E-state index in [0.29, 0.717) is 13.2 Å². The lowest BCUT2D eigenvalue weighted by molar-refractivity contribution is 0.140. The van der Waals surface area contributed by atoms with Crippen molar-refractivity contribution in [2.24, 2.45) is 4.99 Å².